The maximum Gasteiger partial charge on any atom is 0.303 e. The molecule has 2 aliphatic heterocycles. The highest BCUT2D eigenvalue weighted by molar-refractivity contribution is 6.30. The predicted octanol–water partition coefficient (Wildman–Crippen LogP) is 5.06. The van der Waals surface area contributed by atoms with E-state index in [1.165, 1.54) is 5.56 Å². The number of carbonyl (C=O) groups is 2. The Hall–Kier alpha value is -3.29. The number of piperidine rings is 1. The molecule has 1 saturated heterocycles. The molecule has 4 rings (SSSR count). The van der Waals surface area contributed by atoms with Gasteiger partial charge in [-0.1, -0.05) is 73.0 Å². The van der Waals surface area contributed by atoms with Gasteiger partial charge in [0.15, 0.2) is 0 Å². The number of unbranched alkanes of at least 4 members (excludes halogenated alkanes) is 2. The van der Waals surface area contributed by atoms with Crippen LogP contribution in [0.5, 0.6) is 0 Å². The monoisotopic (exact) mass is 551 g/mol. The first-order valence-electron chi connectivity index (χ1n) is 13.7. The van der Waals surface area contributed by atoms with E-state index in [4.69, 9.17) is 16.7 Å². The van der Waals surface area contributed by atoms with Crippen molar-refractivity contribution >= 4 is 23.5 Å². The van der Waals surface area contributed by atoms with Gasteiger partial charge in [-0.25, -0.2) is 0 Å². The molecule has 0 saturated carbocycles. The maximum atomic E-state index is 11.7. The molecule has 0 aliphatic carbocycles. The van der Waals surface area contributed by atoms with E-state index in [-0.39, 0.29) is 24.3 Å². The van der Waals surface area contributed by atoms with Crippen LogP contribution in [-0.2, 0) is 20.7 Å². The normalized spacial score (nSPS) is 20.2. The second kappa shape index (κ2) is 13.2. The van der Waals surface area contributed by atoms with E-state index < -0.39 is 11.6 Å². The summed E-state index contributed by atoms with van der Waals surface area (Å²) < 4.78 is 0. The van der Waals surface area contributed by atoms with Crippen LogP contribution in [0.1, 0.15) is 62.5 Å². The number of likely N-dealkylation sites (tertiary alicyclic amines) is 1. The Balaban J connectivity index is 1.30. The SMILES string of the molecule is O=C(O)CCC(=O)NCCCCCC1(c2ccccc2)C=CC(N2CCC(O)(c3ccc(Cl)cc3)CC2)=CN1. The van der Waals surface area contributed by atoms with Gasteiger partial charge in [-0.3, -0.25) is 9.59 Å². The number of nitrogens with zero attached hydrogens (tertiary/aromatic N) is 1. The lowest BCUT2D eigenvalue weighted by Gasteiger charge is -2.42. The molecule has 1 amide bonds. The summed E-state index contributed by atoms with van der Waals surface area (Å²) in [7, 11) is 0. The first-order valence-corrected chi connectivity index (χ1v) is 14.1. The van der Waals surface area contributed by atoms with Crippen LogP contribution >= 0.6 is 11.6 Å². The van der Waals surface area contributed by atoms with E-state index in [2.05, 4.69) is 58.2 Å². The number of amides is 1. The highest BCUT2D eigenvalue weighted by atomic mass is 35.5. The second-order valence-corrected chi connectivity index (χ2v) is 10.9. The van der Waals surface area contributed by atoms with Crippen molar-refractivity contribution in [2.24, 2.45) is 0 Å². The van der Waals surface area contributed by atoms with Crippen molar-refractivity contribution in [3.8, 4) is 0 Å². The lowest BCUT2D eigenvalue weighted by molar-refractivity contribution is -0.138. The van der Waals surface area contributed by atoms with Crippen molar-refractivity contribution in [3.05, 3.63) is 94.8 Å². The van der Waals surface area contributed by atoms with Gasteiger partial charge in [0.05, 0.1) is 23.3 Å². The minimum atomic E-state index is -0.957. The van der Waals surface area contributed by atoms with Crippen LogP contribution in [0, 0.1) is 0 Å². The third kappa shape index (κ3) is 7.64. The van der Waals surface area contributed by atoms with Crippen molar-refractivity contribution in [2.45, 2.75) is 62.5 Å². The van der Waals surface area contributed by atoms with E-state index in [1.807, 2.05) is 30.3 Å². The number of dihydropyridines is 1. The molecule has 2 heterocycles. The van der Waals surface area contributed by atoms with E-state index in [0.29, 0.717) is 24.4 Å². The number of aliphatic carboxylic acids is 1. The average molecular weight is 552 g/mol. The number of carboxylic acid groups (broad SMARTS) is 1. The molecule has 1 atom stereocenters. The van der Waals surface area contributed by atoms with Gasteiger partial charge in [0.1, 0.15) is 0 Å². The summed E-state index contributed by atoms with van der Waals surface area (Å²) >= 11 is 6.03. The smallest absolute Gasteiger partial charge is 0.303 e. The summed E-state index contributed by atoms with van der Waals surface area (Å²) in [6, 6.07) is 17.9. The number of allylic oxidation sites excluding steroid dienone is 1. The molecule has 2 aromatic carbocycles. The van der Waals surface area contributed by atoms with Gasteiger partial charge >= 0.3 is 5.97 Å². The third-order valence-electron chi connectivity index (χ3n) is 7.78. The van der Waals surface area contributed by atoms with Crippen LogP contribution in [0.4, 0.5) is 0 Å². The molecule has 2 aromatic rings. The molecule has 0 spiro atoms. The molecule has 4 N–H and O–H groups in total. The number of aliphatic hydroxyl groups is 1. The van der Waals surface area contributed by atoms with Crippen LogP contribution in [0.2, 0.25) is 5.02 Å². The van der Waals surface area contributed by atoms with Crippen LogP contribution < -0.4 is 10.6 Å². The zero-order valence-electron chi connectivity index (χ0n) is 22.2. The third-order valence-corrected chi connectivity index (χ3v) is 8.03. The van der Waals surface area contributed by atoms with Gasteiger partial charge in [0, 0.05) is 37.3 Å². The van der Waals surface area contributed by atoms with Crippen molar-refractivity contribution in [2.75, 3.05) is 19.6 Å². The van der Waals surface area contributed by atoms with Gasteiger partial charge in [-0.05, 0) is 55.0 Å². The fraction of sp³-hybridized carbons (Fsp3) is 0.419. The fourth-order valence-corrected chi connectivity index (χ4v) is 5.49. The molecule has 39 heavy (non-hydrogen) atoms. The van der Waals surface area contributed by atoms with Gasteiger partial charge in [-0.15, -0.1) is 0 Å². The van der Waals surface area contributed by atoms with Crippen molar-refractivity contribution < 1.29 is 19.8 Å². The number of carbonyl (C=O) groups excluding carboxylic acids is 1. The molecule has 0 aromatic heterocycles. The Morgan fingerprint density at radius 3 is 2.31 bits per heavy atom. The Bertz CT molecular complexity index is 1170. The summed E-state index contributed by atoms with van der Waals surface area (Å²) in [4.78, 5) is 24.6. The summed E-state index contributed by atoms with van der Waals surface area (Å²) in [5.41, 5.74) is 2.09. The van der Waals surface area contributed by atoms with Gasteiger partial charge in [-0.2, -0.15) is 0 Å². The molecular weight excluding hydrogens is 514 g/mol. The topological polar surface area (TPSA) is 102 Å². The van der Waals surface area contributed by atoms with E-state index in [1.54, 1.807) is 0 Å². The lowest BCUT2D eigenvalue weighted by atomic mass is 9.82. The van der Waals surface area contributed by atoms with Crippen molar-refractivity contribution in [1.29, 1.82) is 0 Å². The molecule has 8 heteroatoms. The van der Waals surface area contributed by atoms with E-state index in [0.717, 1.165) is 50.0 Å². The number of hydrogen-bond acceptors (Lipinski definition) is 5. The molecule has 1 fully saturated rings. The molecule has 0 bridgehead atoms. The Morgan fingerprint density at radius 2 is 1.67 bits per heavy atom. The zero-order valence-corrected chi connectivity index (χ0v) is 23.0. The lowest BCUT2D eigenvalue weighted by Crippen LogP contribution is -2.44. The van der Waals surface area contributed by atoms with E-state index >= 15 is 0 Å². The van der Waals surface area contributed by atoms with Gasteiger partial charge < -0.3 is 25.7 Å². The predicted molar refractivity (Wildman–Crippen MR) is 153 cm³/mol. The van der Waals surface area contributed by atoms with Crippen LogP contribution in [0.15, 0.2) is 78.6 Å². The Morgan fingerprint density at radius 1 is 0.949 bits per heavy atom. The summed E-state index contributed by atoms with van der Waals surface area (Å²) in [6.45, 7) is 2.07. The molecule has 0 radical (unpaired) electrons. The molecular formula is C31H38ClN3O4. The minimum Gasteiger partial charge on any atom is -0.481 e. The highest BCUT2D eigenvalue weighted by Crippen LogP contribution is 2.37. The van der Waals surface area contributed by atoms with Crippen LogP contribution in [-0.4, -0.2) is 46.6 Å². The maximum absolute atomic E-state index is 11.7. The first kappa shape index (κ1) is 28.7. The van der Waals surface area contributed by atoms with Crippen LogP contribution in [0.25, 0.3) is 0 Å². The average Bonchev–Trinajstić information content (AvgIpc) is 2.95. The summed E-state index contributed by atoms with van der Waals surface area (Å²) in [5, 5.41) is 27.1. The first-order chi connectivity index (χ1) is 18.8. The number of hydrogen-bond donors (Lipinski definition) is 4. The van der Waals surface area contributed by atoms with Gasteiger partial charge in [0.25, 0.3) is 0 Å². The van der Waals surface area contributed by atoms with Crippen molar-refractivity contribution in [3.63, 3.8) is 0 Å². The number of halogens is 1. The molecule has 208 valence electrons. The largest absolute Gasteiger partial charge is 0.481 e. The van der Waals surface area contributed by atoms with Gasteiger partial charge in [0.2, 0.25) is 5.91 Å². The number of rotatable bonds is 12. The highest BCUT2D eigenvalue weighted by Gasteiger charge is 2.36. The van der Waals surface area contributed by atoms with Crippen LogP contribution in [0.3, 0.4) is 0 Å². The minimum absolute atomic E-state index is 0.0211. The summed E-state index contributed by atoms with van der Waals surface area (Å²) in [5.74, 6) is -1.17. The summed E-state index contributed by atoms with van der Waals surface area (Å²) in [6.07, 6.45) is 11.4. The Labute approximate surface area is 235 Å². The van der Waals surface area contributed by atoms with Crippen molar-refractivity contribution in [1.82, 2.24) is 15.5 Å². The second-order valence-electron chi connectivity index (χ2n) is 10.5. The Kier molecular flexibility index (Phi) is 9.70. The fourth-order valence-electron chi connectivity index (χ4n) is 5.36. The number of benzene rings is 2. The zero-order chi connectivity index (χ0) is 27.7. The quantitative estimate of drug-likeness (QED) is 0.275. The number of nitrogens with one attached hydrogen (secondary N) is 2. The molecule has 1 unspecified atom stereocenters. The standard InChI is InChI=1S/C31H38ClN3O4/c32-26-11-9-25(10-12-26)31(39)18-21-35(22-19-31)27-15-17-30(34-23-27,24-7-3-1-4-8-24)16-5-2-6-20-33-28(36)13-14-29(37)38/h1,3-4,7-12,15,17,23,34,39H,2,5-6,13-14,16,18-22H2,(H,33,36)(H,37,38). The molecule has 7 nitrogen and oxygen atoms in total. The number of carboxylic acids is 1. The van der Waals surface area contributed by atoms with E-state index in [9.17, 15) is 14.7 Å². The molecule has 2 aliphatic rings.